The van der Waals surface area contributed by atoms with Gasteiger partial charge in [-0.2, -0.15) is 0 Å². The van der Waals surface area contributed by atoms with Crippen molar-refractivity contribution in [1.29, 1.82) is 0 Å². The maximum atomic E-state index is 12.3. The Labute approximate surface area is 176 Å². The molecule has 0 saturated carbocycles. The van der Waals surface area contributed by atoms with Crippen LogP contribution in [0.15, 0.2) is 48.7 Å². The third kappa shape index (κ3) is 6.45. The molecular weight excluding hydrogens is 384 g/mol. The number of urea groups is 1. The lowest BCUT2D eigenvalue weighted by Crippen LogP contribution is -2.37. The van der Waals surface area contributed by atoms with E-state index < -0.39 is 11.9 Å². The van der Waals surface area contributed by atoms with E-state index in [0.717, 1.165) is 24.5 Å². The second-order valence-corrected chi connectivity index (χ2v) is 6.98. The average Bonchev–Trinajstić information content (AvgIpc) is 2.78. The summed E-state index contributed by atoms with van der Waals surface area (Å²) in [4.78, 5) is 31.1. The summed E-state index contributed by atoms with van der Waals surface area (Å²) < 4.78 is 10.5. The Kier molecular flexibility index (Phi) is 8.02. The Morgan fingerprint density at radius 2 is 1.93 bits per heavy atom. The van der Waals surface area contributed by atoms with E-state index in [0.29, 0.717) is 31.9 Å². The number of ether oxygens (including phenoxy) is 2. The zero-order chi connectivity index (χ0) is 21.2. The van der Waals surface area contributed by atoms with E-state index in [2.05, 4.69) is 20.5 Å². The molecule has 1 unspecified atom stereocenters. The lowest BCUT2D eigenvalue weighted by molar-refractivity contribution is -0.147. The number of carbonyl (C=O) groups is 2. The number of pyridine rings is 1. The second-order valence-electron chi connectivity index (χ2n) is 6.98. The van der Waals surface area contributed by atoms with Crippen LogP contribution in [0.25, 0.3) is 0 Å². The van der Waals surface area contributed by atoms with E-state index in [-0.39, 0.29) is 12.5 Å². The van der Waals surface area contributed by atoms with Crippen LogP contribution in [0.5, 0.6) is 0 Å². The van der Waals surface area contributed by atoms with E-state index >= 15 is 0 Å². The molecule has 2 aromatic rings. The Balaban J connectivity index is 1.52. The Bertz CT molecular complexity index is 808. The molecule has 0 bridgehead atoms. The van der Waals surface area contributed by atoms with E-state index in [1.165, 1.54) is 0 Å². The molecule has 1 aliphatic heterocycles. The first-order valence-electron chi connectivity index (χ1n) is 10.2. The number of morpholine rings is 1. The van der Waals surface area contributed by atoms with E-state index in [1.807, 2.05) is 42.5 Å². The van der Waals surface area contributed by atoms with Gasteiger partial charge in [-0.05, 0) is 31.0 Å². The monoisotopic (exact) mass is 412 g/mol. The average molecular weight is 412 g/mol. The van der Waals surface area contributed by atoms with Crippen LogP contribution in [0.3, 0.4) is 0 Å². The zero-order valence-electron chi connectivity index (χ0n) is 17.2. The summed E-state index contributed by atoms with van der Waals surface area (Å²) in [5.41, 5.74) is 1.60. The molecule has 0 radical (unpaired) electrons. The minimum atomic E-state index is -0.458. The van der Waals surface area contributed by atoms with Gasteiger partial charge in [0, 0.05) is 19.6 Å². The normalized spacial score (nSPS) is 14.6. The highest BCUT2D eigenvalue weighted by Gasteiger charge is 2.21. The molecule has 1 saturated heterocycles. The van der Waals surface area contributed by atoms with Gasteiger partial charge in [0.05, 0.1) is 37.6 Å². The quantitative estimate of drug-likeness (QED) is 0.647. The van der Waals surface area contributed by atoms with Crippen LogP contribution in [0.2, 0.25) is 0 Å². The van der Waals surface area contributed by atoms with Crippen LogP contribution in [0.4, 0.5) is 16.3 Å². The van der Waals surface area contributed by atoms with Crippen molar-refractivity contribution in [3.05, 3.63) is 54.2 Å². The number of esters is 1. The predicted octanol–water partition coefficient (Wildman–Crippen LogP) is 2.46. The van der Waals surface area contributed by atoms with Gasteiger partial charge in [0.25, 0.3) is 0 Å². The molecule has 0 spiro atoms. The number of rotatable bonds is 8. The number of hydrogen-bond acceptors (Lipinski definition) is 6. The third-order valence-corrected chi connectivity index (χ3v) is 4.79. The van der Waals surface area contributed by atoms with Gasteiger partial charge >= 0.3 is 12.0 Å². The Morgan fingerprint density at radius 3 is 2.60 bits per heavy atom. The van der Waals surface area contributed by atoms with Crippen molar-refractivity contribution in [3.8, 4) is 0 Å². The van der Waals surface area contributed by atoms with Crippen molar-refractivity contribution in [2.45, 2.75) is 13.3 Å². The second kappa shape index (κ2) is 11.2. The number of carbonyl (C=O) groups excluding carboxylic acids is 2. The number of nitrogens with one attached hydrogen (secondary N) is 2. The topological polar surface area (TPSA) is 92.8 Å². The van der Waals surface area contributed by atoms with Crippen molar-refractivity contribution in [1.82, 2.24) is 10.3 Å². The molecule has 3 rings (SSSR count). The minimum absolute atomic E-state index is 0.179. The van der Waals surface area contributed by atoms with Crippen LogP contribution >= 0.6 is 0 Å². The van der Waals surface area contributed by atoms with Crippen LogP contribution in [-0.4, -0.2) is 56.4 Å². The molecule has 8 heteroatoms. The summed E-state index contributed by atoms with van der Waals surface area (Å²) in [6.07, 6.45) is 2.12. The summed E-state index contributed by atoms with van der Waals surface area (Å²) in [6.45, 7) is 5.23. The number of hydrogen-bond donors (Lipinski definition) is 2. The number of benzene rings is 1. The maximum absolute atomic E-state index is 12.3. The van der Waals surface area contributed by atoms with Crippen LogP contribution in [0, 0.1) is 5.92 Å². The number of amides is 2. The standard InChI is InChI=1S/C22H28N4O4/c1-2-30-21(27)18(14-17-6-4-3-5-7-17)15-24-22(28)25-19-8-9-20(23-16-19)26-10-12-29-13-11-26/h3-9,16,18H,2,10-15H2,1H3,(H2,24,25,28). The Morgan fingerprint density at radius 1 is 1.17 bits per heavy atom. The van der Waals surface area contributed by atoms with Crippen molar-refractivity contribution in [3.63, 3.8) is 0 Å². The first-order chi connectivity index (χ1) is 14.7. The fraction of sp³-hybridized carbons (Fsp3) is 0.409. The van der Waals surface area contributed by atoms with Gasteiger partial charge in [0.1, 0.15) is 5.82 Å². The van der Waals surface area contributed by atoms with E-state index in [4.69, 9.17) is 9.47 Å². The predicted molar refractivity (Wildman–Crippen MR) is 115 cm³/mol. The summed E-state index contributed by atoms with van der Waals surface area (Å²) >= 11 is 0. The summed E-state index contributed by atoms with van der Waals surface area (Å²) in [6, 6.07) is 13.0. The molecule has 1 aliphatic rings. The van der Waals surface area contributed by atoms with Gasteiger partial charge in [-0.15, -0.1) is 0 Å². The lowest BCUT2D eigenvalue weighted by atomic mass is 9.99. The SMILES string of the molecule is CCOC(=O)C(CNC(=O)Nc1ccc(N2CCOCC2)nc1)Cc1ccccc1. The first kappa shape index (κ1) is 21.6. The molecule has 8 nitrogen and oxygen atoms in total. The molecular formula is C22H28N4O4. The van der Waals surface area contributed by atoms with Gasteiger partial charge in [-0.1, -0.05) is 30.3 Å². The van der Waals surface area contributed by atoms with Crippen molar-refractivity contribution < 1.29 is 19.1 Å². The highest BCUT2D eigenvalue weighted by Crippen LogP contribution is 2.15. The molecule has 1 aromatic heterocycles. The smallest absolute Gasteiger partial charge is 0.319 e. The first-order valence-corrected chi connectivity index (χ1v) is 10.2. The molecule has 2 heterocycles. The zero-order valence-corrected chi connectivity index (χ0v) is 17.2. The maximum Gasteiger partial charge on any atom is 0.319 e. The molecule has 160 valence electrons. The molecule has 2 N–H and O–H groups in total. The highest BCUT2D eigenvalue weighted by molar-refractivity contribution is 5.89. The molecule has 1 atom stereocenters. The highest BCUT2D eigenvalue weighted by atomic mass is 16.5. The Hall–Kier alpha value is -3.13. The lowest BCUT2D eigenvalue weighted by Gasteiger charge is -2.27. The number of nitrogens with zero attached hydrogens (tertiary/aromatic N) is 2. The van der Waals surface area contributed by atoms with Gasteiger partial charge in [0.15, 0.2) is 0 Å². The molecule has 30 heavy (non-hydrogen) atoms. The molecule has 1 aromatic carbocycles. The van der Waals surface area contributed by atoms with E-state index in [9.17, 15) is 9.59 Å². The summed E-state index contributed by atoms with van der Waals surface area (Å²) in [7, 11) is 0. The van der Waals surface area contributed by atoms with Gasteiger partial charge in [0.2, 0.25) is 0 Å². The van der Waals surface area contributed by atoms with Crippen LogP contribution in [-0.2, 0) is 20.7 Å². The van der Waals surface area contributed by atoms with Gasteiger partial charge in [-0.3, -0.25) is 4.79 Å². The van der Waals surface area contributed by atoms with E-state index in [1.54, 1.807) is 13.1 Å². The largest absolute Gasteiger partial charge is 0.466 e. The number of anilines is 2. The fourth-order valence-corrected chi connectivity index (χ4v) is 3.23. The number of aromatic nitrogens is 1. The van der Waals surface area contributed by atoms with Gasteiger partial charge in [-0.25, -0.2) is 9.78 Å². The molecule has 2 amide bonds. The van der Waals surface area contributed by atoms with Crippen molar-refractivity contribution in [2.24, 2.45) is 5.92 Å². The fourth-order valence-electron chi connectivity index (χ4n) is 3.23. The van der Waals surface area contributed by atoms with Crippen LogP contribution < -0.4 is 15.5 Å². The third-order valence-electron chi connectivity index (χ3n) is 4.79. The van der Waals surface area contributed by atoms with Crippen LogP contribution in [0.1, 0.15) is 12.5 Å². The summed E-state index contributed by atoms with van der Waals surface area (Å²) in [5.74, 6) is 0.0765. The molecule has 1 fully saturated rings. The van der Waals surface area contributed by atoms with Crippen molar-refractivity contribution in [2.75, 3.05) is 49.7 Å². The molecule has 0 aliphatic carbocycles. The van der Waals surface area contributed by atoms with Crippen molar-refractivity contribution >= 4 is 23.5 Å². The van der Waals surface area contributed by atoms with Gasteiger partial charge < -0.3 is 25.0 Å². The summed E-state index contributed by atoms with van der Waals surface area (Å²) in [5, 5.41) is 5.52. The minimum Gasteiger partial charge on any atom is -0.466 e.